The number of para-hydroxylation sites is 1. The summed E-state index contributed by atoms with van der Waals surface area (Å²) in [5.74, 6) is 0.778. The lowest BCUT2D eigenvalue weighted by molar-refractivity contribution is 0.252. The van der Waals surface area contributed by atoms with Gasteiger partial charge in [0.2, 0.25) is 0 Å². The van der Waals surface area contributed by atoms with Crippen LogP contribution in [0.3, 0.4) is 0 Å². The molecule has 2 aromatic rings. The Morgan fingerprint density at radius 1 is 1.05 bits per heavy atom. The van der Waals surface area contributed by atoms with Gasteiger partial charge < -0.3 is 10.1 Å². The van der Waals surface area contributed by atoms with Crippen LogP contribution >= 0.6 is 34.8 Å². The second-order valence-corrected chi connectivity index (χ2v) is 6.13. The van der Waals surface area contributed by atoms with Crippen molar-refractivity contribution in [1.82, 2.24) is 5.32 Å². The maximum absolute atomic E-state index is 6.22. The van der Waals surface area contributed by atoms with Gasteiger partial charge in [0.1, 0.15) is 5.75 Å². The van der Waals surface area contributed by atoms with E-state index in [1.807, 2.05) is 30.3 Å². The van der Waals surface area contributed by atoms with Gasteiger partial charge in [-0.3, -0.25) is 0 Å². The first kappa shape index (κ1) is 15.0. The summed E-state index contributed by atoms with van der Waals surface area (Å²) in [5.41, 5.74) is 2.08. The molecule has 2 nitrogen and oxygen atoms in total. The zero-order chi connectivity index (χ0) is 14.8. The molecule has 1 aliphatic rings. The van der Waals surface area contributed by atoms with Crippen LogP contribution in [-0.2, 0) is 6.54 Å². The van der Waals surface area contributed by atoms with E-state index in [9.17, 15) is 0 Å². The summed E-state index contributed by atoms with van der Waals surface area (Å²) >= 11 is 18.4. The van der Waals surface area contributed by atoms with Crippen molar-refractivity contribution in [2.24, 2.45) is 0 Å². The van der Waals surface area contributed by atoms with Crippen molar-refractivity contribution in [2.75, 3.05) is 6.61 Å². The first-order valence-corrected chi connectivity index (χ1v) is 7.87. The minimum atomic E-state index is 0.197. The average molecular weight is 343 g/mol. The smallest absolute Gasteiger partial charge is 0.142 e. The molecular formula is C16H14Cl3NO. The number of nitrogens with one attached hydrogen (secondary N) is 1. The van der Waals surface area contributed by atoms with Gasteiger partial charge in [-0.1, -0.05) is 59.1 Å². The Labute approximate surface area is 139 Å². The lowest BCUT2D eigenvalue weighted by atomic mass is 10.00. The predicted octanol–water partition coefficient (Wildman–Crippen LogP) is 5.26. The Hall–Kier alpha value is -0.930. The molecular weight excluding hydrogens is 329 g/mol. The first-order valence-electron chi connectivity index (χ1n) is 6.74. The first-order chi connectivity index (χ1) is 10.2. The van der Waals surface area contributed by atoms with E-state index in [1.54, 1.807) is 6.07 Å². The van der Waals surface area contributed by atoms with Crippen molar-refractivity contribution >= 4 is 34.8 Å². The summed E-state index contributed by atoms with van der Waals surface area (Å²) in [4.78, 5) is 0. The minimum Gasteiger partial charge on any atom is -0.492 e. The van der Waals surface area contributed by atoms with E-state index >= 15 is 0 Å². The van der Waals surface area contributed by atoms with Gasteiger partial charge in [-0.25, -0.2) is 0 Å². The van der Waals surface area contributed by atoms with Crippen molar-refractivity contribution < 1.29 is 4.74 Å². The number of fused-ring (bicyclic) bond motifs is 1. The molecule has 1 unspecified atom stereocenters. The Bertz CT molecular complexity index is 660. The highest BCUT2D eigenvalue weighted by atomic mass is 35.5. The fourth-order valence-corrected chi connectivity index (χ4v) is 3.14. The zero-order valence-electron chi connectivity index (χ0n) is 11.2. The van der Waals surface area contributed by atoms with Crippen LogP contribution in [0.1, 0.15) is 23.6 Å². The second-order valence-electron chi connectivity index (χ2n) is 4.94. The zero-order valence-corrected chi connectivity index (χ0v) is 13.5. The molecule has 0 radical (unpaired) electrons. The van der Waals surface area contributed by atoms with E-state index in [1.165, 1.54) is 0 Å². The van der Waals surface area contributed by atoms with Gasteiger partial charge in [-0.15, -0.1) is 0 Å². The quantitative estimate of drug-likeness (QED) is 0.821. The molecule has 110 valence electrons. The summed E-state index contributed by atoms with van der Waals surface area (Å²) in [5, 5.41) is 5.34. The molecule has 1 atom stereocenters. The molecule has 0 bridgehead atoms. The summed E-state index contributed by atoms with van der Waals surface area (Å²) in [6, 6.07) is 11.7. The van der Waals surface area contributed by atoms with Crippen LogP contribution in [0.2, 0.25) is 15.1 Å². The maximum Gasteiger partial charge on any atom is 0.142 e. The fourth-order valence-electron chi connectivity index (χ4n) is 2.52. The maximum atomic E-state index is 6.22. The summed E-state index contributed by atoms with van der Waals surface area (Å²) in [6.45, 7) is 1.30. The molecule has 0 aromatic heterocycles. The number of halogens is 3. The van der Waals surface area contributed by atoms with E-state index in [0.717, 1.165) is 23.3 Å². The molecule has 2 aromatic carbocycles. The van der Waals surface area contributed by atoms with E-state index in [2.05, 4.69) is 5.32 Å². The third-order valence-corrected chi connectivity index (χ3v) is 4.75. The molecule has 0 saturated carbocycles. The number of benzene rings is 2. The molecule has 1 heterocycles. The van der Waals surface area contributed by atoms with Crippen molar-refractivity contribution in [3.05, 3.63) is 62.6 Å². The highest BCUT2D eigenvalue weighted by molar-refractivity contribution is 6.42. The number of hydrogen-bond donors (Lipinski definition) is 1. The highest BCUT2D eigenvalue weighted by Gasteiger charge is 2.23. The third-order valence-electron chi connectivity index (χ3n) is 3.60. The Kier molecular flexibility index (Phi) is 4.60. The lowest BCUT2D eigenvalue weighted by Crippen LogP contribution is -2.27. The summed E-state index contributed by atoms with van der Waals surface area (Å²) in [6.07, 6.45) is 0.894. The van der Waals surface area contributed by atoms with Crippen LogP contribution < -0.4 is 10.1 Å². The molecule has 0 fully saturated rings. The van der Waals surface area contributed by atoms with Crippen molar-refractivity contribution in [1.29, 1.82) is 0 Å². The molecule has 0 saturated heterocycles. The molecule has 5 heteroatoms. The van der Waals surface area contributed by atoms with Gasteiger partial charge in [-0.05, 0) is 17.7 Å². The van der Waals surface area contributed by atoms with E-state index in [-0.39, 0.29) is 6.04 Å². The monoisotopic (exact) mass is 341 g/mol. The SMILES string of the molecule is Clc1cccc(CNC2CCOc3c(Cl)cccc32)c1Cl. The van der Waals surface area contributed by atoms with E-state index in [4.69, 9.17) is 39.5 Å². The fraction of sp³-hybridized carbons (Fsp3) is 0.250. The predicted molar refractivity (Wildman–Crippen MR) is 87.6 cm³/mol. The molecule has 0 spiro atoms. The normalized spacial score (nSPS) is 17.2. The van der Waals surface area contributed by atoms with Crippen LogP contribution in [0.15, 0.2) is 36.4 Å². The molecule has 1 N–H and O–H groups in total. The van der Waals surface area contributed by atoms with Crippen LogP contribution in [0.5, 0.6) is 5.75 Å². The van der Waals surface area contributed by atoms with Gasteiger partial charge in [0.05, 0.1) is 21.7 Å². The van der Waals surface area contributed by atoms with Crippen molar-refractivity contribution in [3.63, 3.8) is 0 Å². The molecule has 0 amide bonds. The second kappa shape index (κ2) is 6.45. The number of rotatable bonds is 3. The van der Waals surface area contributed by atoms with Crippen LogP contribution in [0.25, 0.3) is 0 Å². The van der Waals surface area contributed by atoms with Crippen LogP contribution in [0.4, 0.5) is 0 Å². The molecule has 0 aliphatic carbocycles. The minimum absolute atomic E-state index is 0.197. The Morgan fingerprint density at radius 2 is 1.81 bits per heavy atom. The number of ether oxygens (including phenoxy) is 1. The van der Waals surface area contributed by atoms with Crippen molar-refractivity contribution in [2.45, 2.75) is 19.0 Å². The molecule has 1 aliphatic heterocycles. The van der Waals surface area contributed by atoms with Gasteiger partial charge in [0.25, 0.3) is 0 Å². The standard InChI is InChI=1S/C16H14Cl3NO/c17-12-5-1-3-10(15(12)19)9-20-14-7-8-21-16-11(14)4-2-6-13(16)18/h1-6,14,20H,7-9H2. The van der Waals surface area contributed by atoms with Crippen molar-refractivity contribution in [3.8, 4) is 5.75 Å². The lowest BCUT2D eigenvalue weighted by Gasteiger charge is -2.27. The van der Waals surface area contributed by atoms with Gasteiger partial charge >= 0.3 is 0 Å². The van der Waals surface area contributed by atoms with Gasteiger partial charge in [0, 0.05) is 24.6 Å². The third kappa shape index (κ3) is 3.14. The largest absolute Gasteiger partial charge is 0.492 e. The summed E-state index contributed by atoms with van der Waals surface area (Å²) < 4.78 is 5.66. The molecule has 3 rings (SSSR count). The van der Waals surface area contributed by atoms with Gasteiger partial charge in [0.15, 0.2) is 0 Å². The average Bonchev–Trinajstić information content (AvgIpc) is 2.49. The van der Waals surface area contributed by atoms with E-state index in [0.29, 0.717) is 28.2 Å². The molecule has 21 heavy (non-hydrogen) atoms. The van der Waals surface area contributed by atoms with Crippen LogP contribution in [-0.4, -0.2) is 6.61 Å². The topological polar surface area (TPSA) is 21.3 Å². The number of hydrogen-bond acceptors (Lipinski definition) is 2. The summed E-state index contributed by atoms with van der Waals surface area (Å²) in [7, 11) is 0. The van der Waals surface area contributed by atoms with Crippen LogP contribution in [0, 0.1) is 0 Å². The van der Waals surface area contributed by atoms with Gasteiger partial charge in [-0.2, -0.15) is 0 Å². The highest BCUT2D eigenvalue weighted by Crippen LogP contribution is 2.37. The Morgan fingerprint density at radius 3 is 2.67 bits per heavy atom. The van der Waals surface area contributed by atoms with E-state index < -0.39 is 0 Å². The Balaban J connectivity index is 1.78.